The third-order valence-corrected chi connectivity index (χ3v) is 4.46. The molecule has 0 saturated carbocycles. The van der Waals surface area contributed by atoms with Crippen molar-refractivity contribution in [3.8, 4) is 5.75 Å². The number of methoxy groups -OCH3 is 1. The van der Waals surface area contributed by atoms with Crippen LogP contribution in [0.1, 0.15) is 18.1 Å². The highest BCUT2D eigenvalue weighted by molar-refractivity contribution is 6.31. The zero-order chi connectivity index (χ0) is 21.4. The molecule has 8 heteroatoms. The van der Waals surface area contributed by atoms with Crippen LogP contribution in [0, 0.1) is 6.92 Å². The summed E-state index contributed by atoms with van der Waals surface area (Å²) in [7, 11) is 1.46. The van der Waals surface area contributed by atoms with E-state index in [4.69, 9.17) is 21.1 Å². The second kappa shape index (κ2) is 10.5. The Kier molecular flexibility index (Phi) is 8.03. The standard InChI is InChI=1S/C21H23ClN2O5/c1-13-9-17(18(28-3)11-16(13)22)24-21(27)14(2)29-20(26)12-23-19(25)10-15-7-5-4-6-8-15/h4-9,11,14H,10,12H2,1-3H3,(H,23,25)(H,24,27)/t14-/m0/s1. The van der Waals surface area contributed by atoms with E-state index >= 15 is 0 Å². The lowest BCUT2D eigenvalue weighted by Gasteiger charge is -2.16. The lowest BCUT2D eigenvalue weighted by Crippen LogP contribution is -2.36. The highest BCUT2D eigenvalue weighted by Gasteiger charge is 2.20. The average molecular weight is 419 g/mol. The molecule has 2 amide bonds. The summed E-state index contributed by atoms with van der Waals surface area (Å²) in [4.78, 5) is 36.1. The highest BCUT2D eigenvalue weighted by atomic mass is 35.5. The Hall–Kier alpha value is -3.06. The van der Waals surface area contributed by atoms with E-state index in [1.54, 1.807) is 19.1 Å². The van der Waals surface area contributed by atoms with Gasteiger partial charge in [0.05, 0.1) is 19.2 Å². The van der Waals surface area contributed by atoms with Gasteiger partial charge in [-0.2, -0.15) is 0 Å². The fraction of sp³-hybridized carbons (Fsp3) is 0.286. The third kappa shape index (κ3) is 6.80. The van der Waals surface area contributed by atoms with Crippen molar-refractivity contribution in [1.29, 1.82) is 0 Å². The van der Waals surface area contributed by atoms with Crippen LogP contribution in [-0.4, -0.2) is 37.5 Å². The van der Waals surface area contributed by atoms with Crippen molar-refractivity contribution in [3.63, 3.8) is 0 Å². The molecule has 2 aromatic carbocycles. The number of aryl methyl sites for hydroxylation is 1. The molecule has 0 unspecified atom stereocenters. The Morgan fingerprint density at radius 3 is 2.48 bits per heavy atom. The summed E-state index contributed by atoms with van der Waals surface area (Å²) in [6.07, 6.45) is -0.908. The number of nitrogens with one attached hydrogen (secondary N) is 2. The summed E-state index contributed by atoms with van der Waals surface area (Å²) in [6, 6.07) is 12.4. The van der Waals surface area contributed by atoms with Crippen LogP contribution >= 0.6 is 11.6 Å². The fourth-order valence-electron chi connectivity index (χ4n) is 2.47. The van der Waals surface area contributed by atoms with Crippen LogP contribution in [0.3, 0.4) is 0 Å². The number of hydrogen-bond acceptors (Lipinski definition) is 5. The fourth-order valence-corrected chi connectivity index (χ4v) is 2.62. The Bertz CT molecular complexity index is 886. The number of carbonyl (C=O) groups is 3. The van der Waals surface area contributed by atoms with E-state index in [9.17, 15) is 14.4 Å². The van der Waals surface area contributed by atoms with Gasteiger partial charge in [-0.3, -0.25) is 14.4 Å². The molecule has 0 aliphatic rings. The van der Waals surface area contributed by atoms with E-state index in [1.807, 2.05) is 30.3 Å². The molecule has 0 bridgehead atoms. The van der Waals surface area contributed by atoms with Crippen LogP contribution in [0.4, 0.5) is 5.69 Å². The van der Waals surface area contributed by atoms with E-state index in [2.05, 4.69) is 10.6 Å². The Morgan fingerprint density at radius 2 is 1.83 bits per heavy atom. The number of hydrogen-bond donors (Lipinski definition) is 2. The van der Waals surface area contributed by atoms with Crippen LogP contribution in [0.5, 0.6) is 5.75 Å². The molecule has 1 atom stereocenters. The largest absolute Gasteiger partial charge is 0.495 e. The van der Waals surface area contributed by atoms with Crippen molar-refractivity contribution < 1.29 is 23.9 Å². The SMILES string of the molecule is COc1cc(Cl)c(C)cc1NC(=O)[C@H](C)OC(=O)CNC(=O)Cc1ccccc1. The Morgan fingerprint density at radius 1 is 1.14 bits per heavy atom. The topological polar surface area (TPSA) is 93.7 Å². The molecular weight excluding hydrogens is 396 g/mol. The quantitative estimate of drug-likeness (QED) is 0.643. The number of halogens is 1. The van der Waals surface area contributed by atoms with Gasteiger partial charge in [-0.1, -0.05) is 41.9 Å². The smallest absolute Gasteiger partial charge is 0.326 e. The van der Waals surface area contributed by atoms with Gasteiger partial charge in [-0.15, -0.1) is 0 Å². The Balaban J connectivity index is 1.83. The minimum Gasteiger partial charge on any atom is -0.495 e. The monoisotopic (exact) mass is 418 g/mol. The molecule has 0 radical (unpaired) electrons. The molecule has 2 N–H and O–H groups in total. The molecule has 0 aliphatic carbocycles. The van der Waals surface area contributed by atoms with E-state index < -0.39 is 18.0 Å². The number of esters is 1. The summed E-state index contributed by atoms with van der Waals surface area (Å²) in [6.45, 7) is 2.90. The van der Waals surface area contributed by atoms with Crippen LogP contribution < -0.4 is 15.4 Å². The summed E-state index contributed by atoms with van der Waals surface area (Å²) in [5.41, 5.74) is 2.00. The number of amides is 2. The van der Waals surface area contributed by atoms with Gasteiger partial charge >= 0.3 is 5.97 Å². The number of carbonyl (C=O) groups excluding carboxylic acids is 3. The Labute approximate surface area is 174 Å². The predicted octanol–water partition coefficient (Wildman–Crippen LogP) is 2.89. The van der Waals surface area contributed by atoms with Gasteiger partial charge in [0, 0.05) is 11.1 Å². The molecular formula is C21H23ClN2O5. The predicted molar refractivity (Wildman–Crippen MR) is 110 cm³/mol. The van der Waals surface area contributed by atoms with Gasteiger partial charge in [0.2, 0.25) is 5.91 Å². The van der Waals surface area contributed by atoms with Gasteiger partial charge in [-0.25, -0.2) is 0 Å². The second-order valence-corrected chi connectivity index (χ2v) is 6.77. The van der Waals surface area contributed by atoms with Gasteiger partial charge in [-0.05, 0) is 31.0 Å². The van der Waals surface area contributed by atoms with E-state index in [0.717, 1.165) is 11.1 Å². The van der Waals surface area contributed by atoms with Crippen LogP contribution in [-0.2, 0) is 25.5 Å². The van der Waals surface area contributed by atoms with Gasteiger partial charge in [0.1, 0.15) is 12.3 Å². The molecule has 29 heavy (non-hydrogen) atoms. The minimum absolute atomic E-state index is 0.153. The normalized spacial score (nSPS) is 11.3. The summed E-state index contributed by atoms with van der Waals surface area (Å²) in [5.74, 6) is -1.17. The molecule has 154 valence electrons. The van der Waals surface area contributed by atoms with Crippen LogP contribution in [0.15, 0.2) is 42.5 Å². The van der Waals surface area contributed by atoms with Gasteiger partial charge in [0.25, 0.3) is 5.91 Å². The first-order valence-corrected chi connectivity index (χ1v) is 9.33. The second-order valence-electron chi connectivity index (χ2n) is 6.36. The van der Waals surface area contributed by atoms with Crippen LogP contribution in [0.2, 0.25) is 5.02 Å². The van der Waals surface area contributed by atoms with Crippen LogP contribution in [0.25, 0.3) is 0 Å². The summed E-state index contributed by atoms with van der Waals surface area (Å²) < 4.78 is 10.3. The van der Waals surface area contributed by atoms with Crippen molar-refractivity contribution in [2.24, 2.45) is 0 Å². The molecule has 2 rings (SSSR count). The first kappa shape index (κ1) is 22.2. The number of rotatable bonds is 8. The average Bonchev–Trinajstić information content (AvgIpc) is 2.69. The maximum Gasteiger partial charge on any atom is 0.326 e. The molecule has 0 aromatic heterocycles. The number of anilines is 1. The molecule has 0 heterocycles. The third-order valence-electron chi connectivity index (χ3n) is 4.05. The first-order valence-electron chi connectivity index (χ1n) is 8.95. The summed E-state index contributed by atoms with van der Waals surface area (Å²) in [5, 5.41) is 5.63. The molecule has 0 spiro atoms. The van der Waals surface area contributed by atoms with E-state index in [1.165, 1.54) is 14.0 Å². The molecule has 7 nitrogen and oxygen atoms in total. The van der Waals surface area contributed by atoms with Crippen molar-refractivity contribution >= 4 is 35.1 Å². The maximum absolute atomic E-state index is 12.3. The van der Waals surface area contributed by atoms with Gasteiger partial charge in [0.15, 0.2) is 6.10 Å². The zero-order valence-corrected chi connectivity index (χ0v) is 17.2. The highest BCUT2D eigenvalue weighted by Crippen LogP contribution is 2.31. The molecule has 0 aliphatic heterocycles. The van der Waals surface area contributed by atoms with Crippen molar-refractivity contribution in [2.45, 2.75) is 26.4 Å². The zero-order valence-electron chi connectivity index (χ0n) is 16.5. The van der Waals surface area contributed by atoms with E-state index in [-0.39, 0.29) is 18.9 Å². The van der Waals surface area contributed by atoms with Crippen molar-refractivity contribution in [3.05, 3.63) is 58.6 Å². The van der Waals surface area contributed by atoms with Crippen molar-refractivity contribution in [1.82, 2.24) is 5.32 Å². The van der Waals surface area contributed by atoms with Gasteiger partial charge < -0.3 is 20.1 Å². The molecule has 2 aromatic rings. The first-order chi connectivity index (χ1) is 13.8. The lowest BCUT2D eigenvalue weighted by atomic mass is 10.1. The summed E-state index contributed by atoms with van der Waals surface area (Å²) >= 11 is 6.05. The maximum atomic E-state index is 12.3. The number of benzene rings is 2. The molecule has 0 saturated heterocycles. The molecule has 0 fully saturated rings. The minimum atomic E-state index is -1.06. The number of ether oxygens (including phenoxy) is 2. The lowest BCUT2D eigenvalue weighted by molar-refractivity contribution is -0.152. The van der Waals surface area contributed by atoms with Crippen molar-refractivity contribution in [2.75, 3.05) is 19.0 Å². The van der Waals surface area contributed by atoms with E-state index in [0.29, 0.717) is 16.5 Å².